The molecular weight excluding hydrogens is 290 g/mol. The lowest BCUT2D eigenvalue weighted by Crippen LogP contribution is -2.27. The van der Waals surface area contributed by atoms with Crippen LogP contribution in [0.25, 0.3) is 0 Å². The Morgan fingerprint density at radius 2 is 2.14 bits per heavy atom. The number of carbonyl (C=O) groups is 1. The fourth-order valence-corrected chi connectivity index (χ4v) is 2.22. The van der Waals surface area contributed by atoms with Crippen molar-refractivity contribution in [3.05, 3.63) is 34.9 Å². The highest BCUT2D eigenvalue weighted by Crippen LogP contribution is 2.15. The molecule has 2 aromatic heterocycles. The molecule has 0 aliphatic heterocycles. The smallest absolute Gasteiger partial charge is 0.224 e. The van der Waals surface area contributed by atoms with Gasteiger partial charge in [-0.25, -0.2) is 0 Å². The first-order chi connectivity index (χ1) is 9.99. The molecule has 0 saturated carbocycles. The minimum Gasteiger partial charge on any atom is -0.340 e. The minimum atomic E-state index is 0.0465. The molecule has 114 valence electrons. The van der Waals surface area contributed by atoms with Crippen LogP contribution in [0, 0.1) is 6.92 Å². The average Bonchev–Trinajstić information content (AvgIpc) is 3.02. The average molecular weight is 310 g/mol. The third-order valence-electron chi connectivity index (χ3n) is 3.24. The topological polar surface area (TPSA) is 56.0 Å². The van der Waals surface area contributed by atoms with Crippen LogP contribution in [0.2, 0.25) is 5.02 Å². The molecule has 2 aromatic rings. The van der Waals surface area contributed by atoms with E-state index in [9.17, 15) is 4.79 Å². The number of amides is 1. The Morgan fingerprint density at radius 1 is 1.38 bits per heavy atom. The van der Waals surface area contributed by atoms with Gasteiger partial charge in [0, 0.05) is 39.0 Å². The van der Waals surface area contributed by atoms with E-state index < -0.39 is 0 Å². The quantitative estimate of drug-likeness (QED) is 0.821. The maximum Gasteiger partial charge on any atom is 0.224 e. The van der Waals surface area contributed by atoms with Gasteiger partial charge in [-0.3, -0.25) is 14.2 Å². The second kappa shape index (κ2) is 6.76. The van der Waals surface area contributed by atoms with Gasteiger partial charge in [-0.05, 0) is 19.4 Å². The zero-order valence-corrected chi connectivity index (χ0v) is 13.3. The van der Waals surface area contributed by atoms with Crippen LogP contribution in [0.15, 0.2) is 18.6 Å². The molecule has 2 rings (SSSR count). The molecule has 0 N–H and O–H groups in total. The lowest BCUT2D eigenvalue weighted by Gasteiger charge is -2.16. The fourth-order valence-electron chi connectivity index (χ4n) is 2.01. The van der Waals surface area contributed by atoms with Gasteiger partial charge < -0.3 is 4.90 Å². The van der Waals surface area contributed by atoms with Crippen molar-refractivity contribution in [1.82, 2.24) is 24.5 Å². The van der Waals surface area contributed by atoms with Crippen molar-refractivity contribution in [2.45, 2.75) is 39.9 Å². The Balaban J connectivity index is 1.88. The predicted octanol–water partition coefficient (Wildman–Crippen LogP) is 2.11. The monoisotopic (exact) mass is 309 g/mol. The molecule has 2 heterocycles. The van der Waals surface area contributed by atoms with Crippen molar-refractivity contribution in [2.24, 2.45) is 0 Å². The second-order valence-electron chi connectivity index (χ2n) is 5.06. The lowest BCUT2D eigenvalue weighted by atomic mass is 10.3. The molecule has 0 aromatic carbocycles. The van der Waals surface area contributed by atoms with Crippen molar-refractivity contribution < 1.29 is 4.79 Å². The van der Waals surface area contributed by atoms with E-state index in [1.807, 2.05) is 20.0 Å². The third kappa shape index (κ3) is 4.07. The highest BCUT2D eigenvalue weighted by molar-refractivity contribution is 6.31. The van der Waals surface area contributed by atoms with E-state index in [-0.39, 0.29) is 5.91 Å². The Hall–Kier alpha value is -1.82. The SMILES string of the molecule is CCn1cc(Cl)c(CN(C)C(=O)CCn2cc(C)cn2)n1. The Labute approximate surface area is 129 Å². The van der Waals surface area contributed by atoms with E-state index in [4.69, 9.17) is 11.6 Å². The number of nitrogens with zero attached hydrogens (tertiary/aromatic N) is 5. The summed E-state index contributed by atoms with van der Waals surface area (Å²) in [6.45, 7) is 5.73. The number of hydrogen-bond acceptors (Lipinski definition) is 3. The first-order valence-electron chi connectivity index (χ1n) is 6.94. The molecule has 0 saturated heterocycles. The summed E-state index contributed by atoms with van der Waals surface area (Å²) in [4.78, 5) is 13.8. The molecule has 0 fully saturated rings. The summed E-state index contributed by atoms with van der Waals surface area (Å²) in [5.74, 6) is 0.0465. The van der Waals surface area contributed by atoms with Crippen molar-refractivity contribution in [3.63, 3.8) is 0 Å². The standard InChI is InChI=1S/C14H20ClN5O/c1-4-19-9-12(15)13(17-19)10-18(3)14(21)5-6-20-8-11(2)7-16-20/h7-9H,4-6,10H2,1-3H3. The Morgan fingerprint density at radius 3 is 2.71 bits per heavy atom. The first-order valence-corrected chi connectivity index (χ1v) is 7.32. The van der Waals surface area contributed by atoms with Gasteiger partial charge in [-0.1, -0.05) is 11.6 Å². The molecule has 0 spiro atoms. The molecule has 0 aliphatic rings. The van der Waals surface area contributed by atoms with Crippen LogP contribution in [0.1, 0.15) is 24.6 Å². The number of halogens is 1. The van der Waals surface area contributed by atoms with E-state index in [2.05, 4.69) is 10.2 Å². The highest BCUT2D eigenvalue weighted by atomic mass is 35.5. The predicted molar refractivity (Wildman–Crippen MR) is 81.0 cm³/mol. The van der Waals surface area contributed by atoms with Crippen molar-refractivity contribution in [1.29, 1.82) is 0 Å². The fraction of sp³-hybridized carbons (Fsp3) is 0.500. The summed E-state index contributed by atoms with van der Waals surface area (Å²) < 4.78 is 3.54. The van der Waals surface area contributed by atoms with Gasteiger partial charge in [0.1, 0.15) is 5.69 Å². The normalized spacial score (nSPS) is 10.9. The van der Waals surface area contributed by atoms with Crippen LogP contribution >= 0.6 is 11.6 Å². The largest absolute Gasteiger partial charge is 0.340 e. The van der Waals surface area contributed by atoms with E-state index >= 15 is 0 Å². The molecule has 1 amide bonds. The number of aryl methyl sites for hydroxylation is 3. The third-order valence-corrected chi connectivity index (χ3v) is 3.56. The lowest BCUT2D eigenvalue weighted by molar-refractivity contribution is -0.130. The number of carbonyl (C=O) groups excluding carboxylic acids is 1. The molecule has 0 atom stereocenters. The zero-order valence-electron chi connectivity index (χ0n) is 12.6. The van der Waals surface area contributed by atoms with Crippen molar-refractivity contribution in [2.75, 3.05) is 7.05 Å². The maximum absolute atomic E-state index is 12.1. The van der Waals surface area contributed by atoms with Gasteiger partial charge >= 0.3 is 0 Å². The summed E-state index contributed by atoms with van der Waals surface area (Å²) in [7, 11) is 1.76. The van der Waals surface area contributed by atoms with Crippen molar-refractivity contribution >= 4 is 17.5 Å². The van der Waals surface area contributed by atoms with Gasteiger partial charge in [0.25, 0.3) is 0 Å². The Kier molecular flexibility index (Phi) is 5.01. The van der Waals surface area contributed by atoms with Gasteiger partial charge in [0.15, 0.2) is 0 Å². The minimum absolute atomic E-state index is 0.0465. The molecular formula is C14H20ClN5O. The highest BCUT2D eigenvalue weighted by Gasteiger charge is 2.14. The molecule has 21 heavy (non-hydrogen) atoms. The van der Waals surface area contributed by atoms with Crippen LogP contribution in [0.4, 0.5) is 0 Å². The molecule has 6 nitrogen and oxygen atoms in total. The summed E-state index contributed by atoms with van der Waals surface area (Å²) in [5.41, 5.74) is 1.82. The molecule has 0 radical (unpaired) electrons. The molecule has 0 unspecified atom stereocenters. The van der Waals surface area contributed by atoms with Gasteiger partial charge in [0.2, 0.25) is 5.91 Å². The molecule has 0 bridgehead atoms. The molecule has 7 heteroatoms. The summed E-state index contributed by atoms with van der Waals surface area (Å²) in [5, 5.41) is 9.11. The summed E-state index contributed by atoms with van der Waals surface area (Å²) in [6.07, 6.45) is 5.89. The van der Waals surface area contributed by atoms with Gasteiger partial charge in [0.05, 0.1) is 17.8 Å². The van der Waals surface area contributed by atoms with Gasteiger partial charge in [-0.15, -0.1) is 0 Å². The van der Waals surface area contributed by atoms with E-state index in [0.29, 0.717) is 24.5 Å². The first kappa shape index (κ1) is 15.6. The summed E-state index contributed by atoms with van der Waals surface area (Å²) >= 11 is 6.11. The maximum atomic E-state index is 12.1. The molecule has 0 aliphatic carbocycles. The van der Waals surface area contributed by atoms with E-state index in [0.717, 1.165) is 17.8 Å². The van der Waals surface area contributed by atoms with Crippen LogP contribution < -0.4 is 0 Å². The van der Waals surface area contributed by atoms with Crippen LogP contribution in [-0.2, 0) is 24.4 Å². The number of hydrogen-bond donors (Lipinski definition) is 0. The zero-order chi connectivity index (χ0) is 15.4. The van der Waals surface area contributed by atoms with Gasteiger partial charge in [-0.2, -0.15) is 10.2 Å². The van der Waals surface area contributed by atoms with E-state index in [1.165, 1.54) is 0 Å². The van der Waals surface area contributed by atoms with Crippen LogP contribution in [0.5, 0.6) is 0 Å². The number of rotatable bonds is 6. The van der Waals surface area contributed by atoms with Crippen molar-refractivity contribution in [3.8, 4) is 0 Å². The van der Waals surface area contributed by atoms with Crippen LogP contribution in [-0.4, -0.2) is 37.4 Å². The van der Waals surface area contributed by atoms with E-state index in [1.54, 1.807) is 33.7 Å². The van der Waals surface area contributed by atoms with Crippen LogP contribution in [0.3, 0.4) is 0 Å². The Bertz CT molecular complexity index is 619. The second-order valence-corrected chi connectivity index (χ2v) is 5.47. The summed E-state index contributed by atoms with van der Waals surface area (Å²) in [6, 6.07) is 0. The number of aromatic nitrogens is 4.